The minimum atomic E-state index is -4.71. The van der Waals surface area contributed by atoms with Gasteiger partial charge in [-0.2, -0.15) is 38.3 Å². The zero-order valence-electron chi connectivity index (χ0n) is 31.4. The number of nitrogens with zero attached hydrogens (tertiary/aromatic N) is 8. The normalized spacial score (nSPS) is 14.8. The summed E-state index contributed by atoms with van der Waals surface area (Å²) in [5.74, 6) is 2.02. The van der Waals surface area contributed by atoms with Gasteiger partial charge in [0.25, 0.3) is 10.1 Å². The van der Waals surface area contributed by atoms with Crippen molar-refractivity contribution in [1.29, 1.82) is 0 Å². The minimum absolute atomic E-state index is 0.159. The SMILES string of the molecule is NCCCNc1nc(Nc2ccc(C=Cc3ccc(Nc4nc(NCCCN)nc(N5CCOCC5)n4)cc3S(=O)(=O)O)c(SOOO)c2)nc(N2CCOCC2)n1. The number of rotatable bonds is 20. The molecule has 2 aromatic heterocycles. The lowest BCUT2D eigenvalue weighted by molar-refractivity contribution is -0.432. The van der Waals surface area contributed by atoms with E-state index in [4.69, 9.17) is 30.5 Å². The molecule has 0 unspecified atom stereocenters. The van der Waals surface area contributed by atoms with Crippen molar-refractivity contribution >= 4 is 81.4 Å². The van der Waals surface area contributed by atoms with Gasteiger partial charge in [-0.05, 0) is 61.3 Å². The summed E-state index contributed by atoms with van der Waals surface area (Å²) >= 11 is 0.700. The van der Waals surface area contributed by atoms with Gasteiger partial charge < -0.3 is 52.0 Å². The Morgan fingerprint density at radius 2 is 1.21 bits per heavy atom. The van der Waals surface area contributed by atoms with Crippen LogP contribution < -0.4 is 42.5 Å². The molecule has 24 heteroatoms. The second-order valence-electron chi connectivity index (χ2n) is 12.7. The lowest BCUT2D eigenvalue weighted by Crippen LogP contribution is -2.37. The monoisotopic (exact) mass is 842 g/mol. The van der Waals surface area contributed by atoms with Crippen molar-refractivity contribution in [3.8, 4) is 0 Å². The summed E-state index contributed by atoms with van der Waals surface area (Å²) in [5.41, 5.74) is 12.9. The van der Waals surface area contributed by atoms with Crippen LogP contribution in [0.3, 0.4) is 0 Å². The summed E-state index contributed by atoms with van der Waals surface area (Å²) in [5, 5.41) is 25.4. The van der Waals surface area contributed by atoms with E-state index >= 15 is 0 Å². The molecule has 6 rings (SSSR count). The molecule has 22 nitrogen and oxygen atoms in total. The van der Waals surface area contributed by atoms with E-state index in [1.165, 1.54) is 18.2 Å². The smallest absolute Gasteiger partial charge is 0.295 e. The average Bonchev–Trinajstić information content (AvgIpc) is 3.23. The molecule has 0 radical (unpaired) electrons. The van der Waals surface area contributed by atoms with E-state index in [0.29, 0.717) is 143 Å². The lowest BCUT2D eigenvalue weighted by atomic mass is 10.1. The quantitative estimate of drug-likeness (QED) is 0.0158. The van der Waals surface area contributed by atoms with Gasteiger partial charge in [0.05, 0.1) is 38.5 Å². The molecule has 2 fully saturated rings. The van der Waals surface area contributed by atoms with Gasteiger partial charge in [-0.1, -0.05) is 29.3 Å². The Morgan fingerprint density at radius 3 is 1.71 bits per heavy atom. The number of ether oxygens (including phenoxy) is 2. The molecule has 4 aromatic rings. The van der Waals surface area contributed by atoms with Crippen LogP contribution in [0.1, 0.15) is 24.0 Å². The van der Waals surface area contributed by atoms with Gasteiger partial charge >= 0.3 is 0 Å². The van der Waals surface area contributed by atoms with Gasteiger partial charge in [-0.25, -0.2) is 5.26 Å². The summed E-state index contributed by atoms with van der Waals surface area (Å²) < 4.78 is 51.4. The molecule has 0 amide bonds. The van der Waals surface area contributed by atoms with Gasteiger partial charge in [0.2, 0.25) is 35.7 Å². The fourth-order valence-corrected chi connectivity index (χ4v) is 6.92. The summed E-state index contributed by atoms with van der Waals surface area (Å²) in [6, 6.07) is 9.59. The highest BCUT2D eigenvalue weighted by Gasteiger charge is 2.20. The van der Waals surface area contributed by atoms with Gasteiger partial charge in [-0.3, -0.25) is 4.55 Å². The Morgan fingerprint density at radius 1 is 0.724 bits per heavy atom. The first-order valence-electron chi connectivity index (χ1n) is 18.4. The maximum atomic E-state index is 12.7. The third-order valence-corrected chi connectivity index (χ3v) is 10.1. The molecule has 2 aliphatic rings. The second-order valence-corrected chi connectivity index (χ2v) is 14.8. The Bertz CT molecular complexity index is 2110. The zero-order valence-corrected chi connectivity index (χ0v) is 33.0. The van der Waals surface area contributed by atoms with Gasteiger partial charge in [0.1, 0.15) is 4.90 Å². The molecule has 58 heavy (non-hydrogen) atoms. The molecule has 0 aliphatic carbocycles. The largest absolute Gasteiger partial charge is 0.378 e. The number of nitrogens with two attached hydrogens (primary N) is 2. The van der Waals surface area contributed by atoms with E-state index in [0.717, 1.165) is 6.42 Å². The number of anilines is 8. The number of hydrogen-bond donors (Lipinski definition) is 8. The first-order chi connectivity index (χ1) is 28.2. The zero-order chi connectivity index (χ0) is 40.7. The molecule has 10 N–H and O–H groups in total. The van der Waals surface area contributed by atoms with Crippen LogP contribution in [0.25, 0.3) is 12.2 Å². The third kappa shape index (κ3) is 12.2. The van der Waals surface area contributed by atoms with E-state index in [9.17, 15) is 13.0 Å². The second kappa shape index (κ2) is 21.1. The van der Waals surface area contributed by atoms with E-state index < -0.39 is 10.1 Å². The number of morpholine rings is 2. The van der Waals surface area contributed by atoms with Crippen molar-refractivity contribution in [3.05, 3.63) is 47.5 Å². The van der Waals surface area contributed by atoms with Crippen LogP contribution in [-0.4, -0.2) is 127 Å². The molecule has 2 aromatic carbocycles. The molecule has 0 bridgehead atoms. The molecular formula is C34H46N14O8S2. The maximum Gasteiger partial charge on any atom is 0.295 e. The predicted molar refractivity (Wildman–Crippen MR) is 219 cm³/mol. The van der Waals surface area contributed by atoms with Crippen molar-refractivity contribution < 1.29 is 37.1 Å². The molecular weight excluding hydrogens is 797 g/mol. The standard InChI is InChI=1S/C34H46N14O8S2/c35-9-1-11-37-29-41-31(45-33(43-29)47-13-17-53-18-14-47)39-25-7-5-23(27(21-25)57-56-55-49)3-4-24-6-8-26(22-28(24)58(50,51)52)40-32-42-30(38-12-2-10-36)44-34(46-32)48-15-19-54-20-16-48/h3-8,21-22,49H,1-2,9-20,35-36H2,(H,50,51,52)(H2,37,39,41,43,45)(H2,38,40,42,44,46). The van der Waals surface area contributed by atoms with E-state index in [-0.39, 0.29) is 22.4 Å². The van der Waals surface area contributed by atoms with Gasteiger partial charge in [0.15, 0.2) is 0 Å². The molecule has 0 atom stereocenters. The summed E-state index contributed by atoms with van der Waals surface area (Å²) in [6.45, 7) is 6.65. The van der Waals surface area contributed by atoms with Crippen LogP contribution >= 0.6 is 12.0 Å². The fourth-order valence-electron chi connectivity index (χ4n) is 5.70. The summed E-state index contributed by atoms with van der Waals surface area (Å²) in [7, 11) is -4.71. The molecule has 2 aliphatic heterocycles. The van der Waals surface area contributed by atoms with E-state index in [1.54, 1.807) is 30.3 Å². The Kier molecular flexibility index (Phi) is 15.5. The van der Waals surface area contributed by atoms with Crippen molar-refractivity contribution in [1.82, 2.24) is 29.9 Å². The van der Waals surface area contributed by atoms with Crippen LogP contribution in [-0.2, 0) is 29.0 Å². The number of benzene rings is 2. The highest BCUT2D eigenvalue weighted by molar-refractivity contribution is 7.94. The van der Waals surface area contributed by atoms with Crippen LogP contribution in [0.2, 0.25) is 0 Å². The first-order valence-corrected chi connectivity index (χ1v) is 20.6. The Hall–Kier alpha value is -5.02. The lowest BCUT2D eigenvalue weighted by Gasteiger charge is -2.27. The molecule has 0 saturated carbocycles. The fraction of sp³-hybridized carbons (Fsp3) is 0.412. The van der Waals surface area contributed by atoms with Gasteiger partial charge in [-0.15, -0.1) is 4.33 Å². The highest BCUT2D eigenvalue weighted by atomic mass is 32.2. The summed E-state index contributed by atoms with van der Waals surface area (Å²) in [4.78, 5) is 31.3. The minimum Gasteiger partial charge on any atom is -0.378 e. The van der Waals surface area contributed by atoms with Crippen LogP contribution in [0.15, 0.2) is 46.2 Å². The van der Waals surface area contributed by atoms with E-state index in [2.05, 4.69) is 56.2 Å². The third-order valence-electron chi connectivity index (χ3n) is 8.58. The Labute approximate surface area is 339 Å². The highest BCUT2D eigenvalue weighted by Crippen LogP contribution is 2.31. The molecule has 4 heterocycles. The van der Waals surface area contributed by atoms with Crippen LogP contribution in [0.5, 0.6) is 0 Å². The molecule has 2 saturated heterocycles. The van der Waals surface area contributed by atoms with Crippen molar-refractivity contribution in [3.63, 3.8) is 0 Å². The maximum absolute atomic E-state index is 12.7. The summed E-state index contributed by atoms with van der Waals surface area (Å²) in [6.07, 6.45) is 4.55. The molecule has 312 valence electrons. The first kappa shape index (κ1) is 42.6. The van der Waals surface area contributed by atoms with Crippen molar-refractivity contribution in [2.24, 2.45) is 11.5 Å². The number of hydrogen-bond acceptors (Lipinski definition) is 22. The average molecular weight is 843 g/mol. The van der Waals surface area contributed by atoms with Crippen molar-refractivity contribution in [2.75, 3.05) is 110 Å². The Balaban J connectivity index is 1.24. The predicted octanol–water partition coefficient (Wildman–Crippen LogP) is 2.58. The topological polar surface area (TPSA) is 295 Å². The van der Waals surface area contributed by atoms with Crippen LogP contribution in [0, 0.1) is 0 Å². The van der Waals surface area contributed by atoms with E-state index in [1.807, 2.05) is 9.80 Å². The number of nitrogens with one attached hydrogen (secondary N) is 4. The van der Waals surface area contributed by atoms with Crippen molar-refractivity contribution in [2.45, 2.75) is 22.6 Å². The molecule has 0 spiro atoms. The van der Waals surface area contributed by atoms with Gasteiger partial charge in [0, 0.05) is 55.5 Å². The number of aromatic nitrogens is 6. The van der Waals surface area contributed by atoms with Crippen LogP contribution in [0.4, 0.5) is 47.1 Å².